The Labute approximate surface area is 336 Å². The van der Waals surface area contributed by atoms with E-state index in [0.717, 1.165) is 16.0 Å². The topological polar surface area (TPSA) is 214 Å². The van der Waals surface area contributed by atoms with Gasteiger partial charge in [0.15, 0.2) is 11.5 Å². The smallest absolute Gasteiger partial charge is 0.278 e. The number of likely N-dealkylation sites (tertiary alicyclic amines) is 1. The molecule has 0 radical (unpaired) electrons. The molecule has 1 unspecified atom stereocenters. The lowest BCUT2D eigenvalue weighted by Crippen LogP contribution is -2.53. The van der Waals surface area contributed by atoms with Gasteiger partial charge in [0.25, 0.3) is 17.7 Å². The standard InChI is InChI=1S/C42H44N8O7S/c1-49-37(52)23-22-35(42(49)55)50-27-33-28(13-11-16-32(33)41(50)54)12-5-3-9-24-44-36(51)17-8-4-10-25-46-58(56,57)31-20-18-29(19-21-31)34-26-45-39(43)38(48-34)40(53)47-30-14-6-2-7-15-30/h2,6-7,11,13-16,18-21,26,35,46H,3-4,8-10,17,22-25,27H2,1H3,(H2,43,45)(H,44,51)(H,47,53). The average Bonchev–Trinajstić information content (AvgIpc) is 3.56. The zero-order valence-electron chi connectivity index (χ0n) is 32.0. The molecule has 2 aliphatic rings. The number of nitrogens with one attached hydrogen (secondary N) is 3. The first kappa shape index (κ1) is 41.2. The Morgan fingerprint density at radius 2 is 1.71 bits per heavy atom. The van der Waals surface area contributed by atoms with Crippen LogP contribution in [0.4, 0.5) is 11.5 Å². The fourth-order valence-corrected chi connectivity index (χ4v) is 7.73. The number of hydrogen-bond donors (Lipinski definition) is 4. The summed E-state index contributed by atoms with van der Waals surface area (Å²) in [7, 11) is -2.34. The number of rotatable bonds is 15. The Morgan fingerprint density at radius 1 is 0.931 bits per heavy atom. The number of likely N-dealkylation sites (N-methyl/N-ethyl adjacent to an activating group) is 1. The molecular formula is C42H44N8O7S. The molecule has 1 atom stereocenters. The van der Waals surface area contributed by atoms with Crippen LogP contribution in [0.3, 0.4) is 0 Å². The van der Waals surface area contributed by atoms with Crippen LogP contribution in [0, 0.1) is 11.8 Å². The number of carbonyl (C=O) groups is 5. The van der Waals surface area contributed by atoms with Gasteiger partial charge in [-0.3, -0.25) is 28.9 Å². The van der Waals surface area contributed by atoms with Gasteiger partial charge in [-0.1, -0.05) is 54.7 Å². The fourth-order valence-electron chi connectivity index (χ4n) is 6.66. The summed E-state index contributed by atoms with van der Waals surface area (Å²) < 4.78 is 28.4. The maximum atomic E-state index is 13.1. The second-order valence-electron chi connectivity index (χ2n) is 13.9. The molecule has 300 valence electrons. The number of carbonyl (C=O) groups excluding carboxylic acids is 5. The van der Waals surface area contributed by atoms with Crippen molar-refractivity contribution in [3.05, 3.63) is 101 Å². The number of aromatic nitrogens is 2. The molecule has 0 saturated carbocycles. The maximum Gasteiger partial charge on any atom is 0.278 e. The number of unbranched alkanes of at least 4 members (excludes halogenated alkanes) is 3. The van der Waals surface area contributed by atoms with Crippen molar-refractivity contribution >= 4 is 51.1 Å². The number of nitrogen functional groups attached to an aromatic ring is 1. The van der Waals surface area contributed by atoms with E-state index < -0.39 is 22.0 Å². The lowest BCUT2D eigenvalue weighted by molar-refractivity contribution is -0.150. The van der Waals surface area contributed by atoms with E-state index in [1.54, 1.807) is 48.5 Å². The number of nitrogens with zero attached hydrogens (tertiary/aromatic N) is 4. The van der Waals surface area contributed by atoms with Crippen molar-refractivity contribution in [2.24, 2.45) is 0 Å². The molecule has 3 heterocycles. The zero-order chi connectivity index (χ0) is 41.2. The van der Waals surface area contributed by atoms with Gasteiger partial charge in [-0.15, -0.1) is 0 Å². The summed E-state index contributed by atoms with van der Waals surface area (Å²) in [6.07, 6.45) is 5.23. The number of sulfonamides is 1. The third-order valence-corrected chi connectivity index (χ3v) is 11.4. The van der Waals surface area contributed by atoms with E-state index in [9.17, 15) is 32.4 Å². The molecule has 6 rings (SSSR count). The minimum atomic E-state index is -3.78. The van der Waals surface area contributed by atoms with Crippen LogP contribution in [0.5, 0.6) is 0 Å². The van der Waals surface area contributed by atoms with Crippen molar-refractivity contribution in [2.75, 3.05) is 31.2 Å². The van der Waals surface area contributed by atoms with Gasteiger partial charge in [0.2, 0.25) is 21.8 Å². The molecule has 0 aliphatic carbocycles. The Kier molecular flexibility index (Phi) is 13.3. The molecule has 5 amide bonds. The molecule has 2 aliphatic heterocycles. The summed E-state index contributed by atoms with van der Waals surface area (Å²) in [4.78, 5) is 74.0. The molecule has 1 fully saturated rings. The van der Waals surface area contributed by atoms with E-state index in [1.165, 1.54) is 30.3 Å². The van der Waals surface area contributed by atoms with Crippen LogP contribution in [0.15, 0.2) is 83.9 Å². The summed E-state index contributed by atoms with van der Waals surface area (Å²) in [6, 6.07) is 19.6. The lowest BCUT2D eigenvalue weighted by Gasteiger charge is -2.33. The molecule has 0 spiro atoms. The predicted octanol–water partition coefficient (Wildman–Crippen LogP) is 3.87. The molecule has 1 saturated heterocycles. The maximum absolute atomic E-state index is 13.1. The number of hydrogen-bond acceptors (Lipinski definition) is 10. The van der Waals surface area contributed by atoms with Crippen LogP contribution in [-0.4, -0.2) is 83.9 Å². The molecule has 1 aromatic heterocycles. The highest BCUT2D eigenvalue weighted by atomic mass is 32.2. The van der Waals surface area contributed by atoms with Crippen LogP contribution < -0.4 is 21.1 Å². The van der Waals surface area contributed by atoms with E-state index in [1.807, 2.05) is 12.1 Å². The van der Waals surface area contributed by atoms with E-state index in [-0.39, 0.29) is 59.5 Å². The zero-order valence-corrected chi connectivity index (χ0v) is 32.8. The average molecular weight is 805 g/mol. The normalized spacial score (nSPS) is 15.1. The second kappa shape index (κ2) is 18.7. The van der Waals surface area contributed by atoms with Gasteiger partial charge in [-0.2, -0.15) is 0 Å². The molecule has 5 N–H and O–H groups in total. The highest BCUT2D eigenvalue weighted by molar-refractivity contribution is 7.89. The Bertz CT molecular complexity index is 2380. The molecule has 0 bridgehead atoms. The monoisotopic (exact) mass is 804 g/mol. The van der Waals surface area contributed by atoms with Crippen LogP contribution in [0.25, 0.3) is 11.3 Å². The van der Waals surface area contributed by atoms with Crippen molar-refractivity contribution < 1.29 is 32.4 Å². The number of nitrogens with two attached hydrogens (primary N) is 1. The van der Waals surface area contributed by atoms with Crippen LogP contribution in [0.2, 0.25) is 0 Å². The Morgan fingerprint density at radius 3 is 2.48 bits per heavy atom. The van der Waals surface area contributed by atoms with Gasteiger partial charge >= 0.3 is 0 Å². The second-order valence-corrected chi connectivity index (χ2v) is 15.7. The highest BCUT2D eigenvalue weighted by Gasteiger charge is 2.41. The fraction of sp³-hybridized carbons (Fsp3) is 0.310. The van der Waals surface area contributed by atoms with E-state index in [2.05, 4.69) is 37.2 Å². The molecule has 3 aromatic carbocycles. The van der Waals surface area contributed by atoms with Crippen LogP contribution in [0.1, 0.15) is 83.3 Å². The number of para-hydroxylation sites is 1. The van der Waals surface area contributed by atoms with Crippen molar-refractivity contribution in [3.8, 4) is 23.1 Å². The minimum Gasteiger partial charge on any atom is -0.382 e. The largest absolute Gasteiger partial charge is 0.382 e. The molecule has 16 heteroatoms. The van der Waals surface area contributed by atoms with E-state index >= 15 is 0 Å². The van der Waals surface area contributed by atoms with Crippen molar-refractivity contribution in [2.45, 2.75) is 68.8 Å². The van der Waals surface area contributed by atoms with Crippen molar-refractivity contribution in [3.63, 3.8) is 0 Å². The van der Waals surface area contributed by atoms with Crippen LogP contribution in [-0.2, 0) is 31.0 Å². The third kappa shape index (κ3) is 9.92. The summed E-state index contributed by atoms with van der Waals surface area (Å²) in [5.74, 6) is 4.77. The van der Waals surface area contributed by atoms with Crippen molar-refractivity contribution in [1.29, 1.82) is 0 Å². The summed E-state index contributed by atoms with van der Waals surface area (Å²) in [5, 5.41) is 5.62. The Balaban J connectivity index is 0.872. The van der Waals surface area contributed by atoms with Gasteiger partial charge in [0.1, 0.15) is 6.04 Å². The predicted molar refractivity (Wildman–Crippen MR) is 216 cm³/mol. The number of anilines is 2. The number of imide groups is 1. The first-order valence-electron chi connectivity index (χ1n) is 19.0. The highest BCUT2D eigenvalue weighted by Crippen LogP contribution is 2.31. The number of benzene rings is 3. The lowest BCUT2D eigenvalue weighted by atomic mass is 10.0. The van der Waals surface area contributed by atoms with E-state index in [4.69, 9.17) is 5.73 Å². The molecule has 15 nitrogen and oxygen atoms in total. The number of fused-ring (bicyclic) bond motifs is 1. The number of amides is 5. The summed E-state index contributed by atoms with van der Waals surface area (Å²) in [6.45, 7) is 0.926. The third-order valence-electron chi connectivity index (χ3n) is 9.90. The van der Waals surface area contributed by atoms with E-state index in [0.29, 0.717) is 74.0 Å². The van der Waals surface area contributed by atoms with Gasteiger partial charge in [-0.25, -0.2) is 23.1 Å². The minimum absolute atomic E-state index is 0.0352. The molecule has 58 heavy (non-hydrogen) atoms. The molecule has 4 aromatic rings. The first-order valence-corrected chi connectivity index (χ1v) is 20.5. The van der Waals surface area contributed by atoms with Crippen LogP contribution >= 0.6 is 0 Å². The van der Waals surface area contributed by atoms with Gasteiger partial charge < -0.3 is 21.3 Å². The summed E-state index contributed by atoms with van der Waals surface area (Å²) >= 11 is 0. The quantitative estimate of drug-likeness (QED) is 0.0774. The summed E-state index contributed by atoms with van der Waals surface area (Å²) in [5.41, 5.74) is 9.36. The van der Waals surface area contributed by atoms with Gasteiger partial charge in [0.05, 0.1) is 16.8 Å². The van der Waals surface area contributed by atoms with Gasteiger partial charge in [0, 0.05) is 68.3 Å². The molecular weight excluding hydrogens is 761 g/mol. The number of piperidine rings is 1. The van der Waals surface area contributed by atoms with Crippen molar-refractivity contribution in [1.82, 2.24) is 29.8 Å². The Hall–Kier alpha value is -6.44. The van der Waals surface area contributed by atoms with Gasteiger partial charge in [-0.05, 0) is 67.6 Å². The first-order chi connectivity index (χ1) is 27.9. The SMILES string of the molecule is CN1C(=O)CCC(N2Cc3c(C#CCCCNC(=O)CCCCCNS(=O)(=O)c4ccc(-c5cnc(N)c(C(=O)Nc6ccccc6)n5)cc4)cccc3C2=O)C1=O.